The summed E-state index contributed by atoms with van der Waals surface area (Å²) in [6, 6.07) is 10.0. The van der Waals surface area contributed by atoms with Crippen LogP contribution in [0.4, 0.5) is 17.5 Å². The fourth-order valence-corrected chi connectivity index (χ4v) is 3.16. The van der Waals surface area contributed by atoms with Gasteiger partial charge in [-0.3, -0.25) is 4.68 Å². The van der Waals surface area contributed by atoms with E-state index >= 15 is 0 Å². The molecule has 0 fully saturated rings. The highest BCUT2D eigenvalue weighted by Crippen LogP contribution is 2.34. The molecule has 2 aromatic heterocycles. The van der Waals surface area contributed by atoms with Gasteiger partial charge < -0.3 is 10.2 Å². The van der Waals surface area contributed by atoms with Gasteiger partial charge in [0.05, 0.1) is 23.1 Å². The van der Waals surface area contributed by atoms with E-state index < -0.39 is 0 Å². The van der Waals surface area contributed by atoms with Crippen molar-refractivity contribution in [2.24, 2.45) is 7.05 Å². The highest BCUT2D eigenvalue weighted by Gasteiger charge is 2.21. The van der Waals surface area contributed by atoms with E-state index in [4.69, 9.17) is 0 Å². The van der Waals surface area contributed by atoms with Crippen LogP contribution in [0.15, 0.2) is 36.7 Å². The average molecular weight is 331 g/mol. The molecular weight excluding hydrogens is 314 g/mol. The van der Waals surface area contributed by atoms with Gasteiger partial charge in [0.2, 0.25) is 5.95 Å². The Bertz CT molecular complexity index is 983. The Kier molecular flexibility index (Phi) is 3.58. The van der Waals surface area contributed by atoms with Gasteiger partial charge in [-0.15, -0.1) is 0 Å². The third kappa shape index (κ3) is 2.68. The molecule has 0 saturated carbocycles. The number of anilines is 3. The lowest BCUT2D eigenvalue weighted by molar-refractivity contribution is 0.775. The van der Waals surface area contributed by atoms with Gasteiger partial charge in [-0.2, -0.15) is 10.4 Å². The van der Waals surface area contributed by atoms with E-state index in [-0.39, 0.29) is 0 Å². The molecule has 25 heavy (non-hydrogen) atoms. The molecule has 7 nitrogen and oxygen atoms in total. The Hall–Kier alpha value is -3.40. The van der Waals surface area contributed by atoms with Crippen molar-refractivity contribution in [1.82, 2.24) is 19.7 Å². The highest BCUT2D eigenvalue weighted by atomic mass is 15.3. The van der Waals surface area contributed by atoms with E-state index in [2.05, 4.69) is 37.4 Å². The van der Waals surface area contributed by atoms with Crippen LogP contribution in [0.5, 0.6) is 0 Å². The molecule has 1 aliphatic rings. The number of rotatable bonds is 3. The number of nitrogens with one attached hydrogen (secondary N) is 1. The van der Waals surface area contributed by atoms with Gasteiger partial charge in [0.25, 0.3) is 0 Å². The zero-order valence-corrected chi connectivity index (χ0v) is 14.1. The summed E-state index contributed by atoms with van der Waals surface area (Å²) in [5.74, 6) is 1.31. The average Bonchev–Trinajstić information content (AvgIpc) is 3.20. The first-order valence-electron chi connectivity index (χ1n) is 8.02. The van der Waals surface area contributed by atoms with Crippen molar-refractivity contribution in [2.75, 3.05) is 23.8 Å². The summed E-state index contributed by atoms with van der Waals surface area (Å²) in [7, 11) is 3.87. The number of hydrogen-bond donors (Lipinski definition) is 1. The molecule has 3 aromatic rings. The fraction of sp³-hybridized carbons (Fsp3) is 0.222. The summed E-state index contributed by atoms with van der Waals surface area (Å²) < 4.78 is 1.72. The third-order valence-electron chi connectivity index (χ3n) is 4.42. The molecule has 0 aliphatic carbocycles. The number of benzene rings is 1. The number of aryl methyl sites for hydroxylation is 1. The Labute approximate surface area is 145 Å². The Morgan fingerprint density at radius 1 is 1.20 bits per heavy atom. The largest absolute Gasteiger partial charge is 0.373 e. The topological polar surface area (TPSA) is 82.7 Å². The maximum Gasteiger partial charge on any atom is 0.228 e. The molecule has 0 amide bonds. The Morgan fingerprint density at radius 2 is 2.08 bits per heavy atom. The summed E-state index contributed by atoms with van der Waals surface area (Å²) in [5, 5.41) is 16.8. The third-order valence-corrected chi connectivity index (χ3v) is 4.42. The van der Waals surface area contributed by atoms with Crippen LogP contribution < -0.4 is 10.2 Å². The molecular formula is C18H17N7. The molecule has 7 heteroatoms. The van der Waals surface area contributed by atoms with Crippen LogP contribution >= 0.6 is 0 Å². The van der Waals surface area contributed by atoms with E-state index in [9.17, 15) is 5.26 Å². The maximum atomic E-state index is 9.52. The van der Waals surface area contributed by atoms with Gasteiger partial charge in [-0.1, -0.05) is 0 Å². The van der Waals surface area contributed by atoms with E-state index in [0.717, 1.165) is 35.7 Å². The standard InChI is InChI=1S/C18H17N7/c1-24-8-5-12-9-13(10-14(11-19)17(12)24)15-3-6-20-18(22-15)23-16-4-7-21-25(16)2/h3-4,6-7,9-10H,5,8H2,1-2H3,(H,20,22,23). The first-order chi connectivity index (χ1) is 12.2. The van der Waals surface area contributed by atoms with Crippen molar-refractivity contribution in [3.8, 4) is 17.3 Å². The quantitative estimate of drug-likeness (QED) is 0.794. The zero-order chi connectivity index (χ0) is 17.4. The highest BCUT2D eigenvalue weighted by molar-refractivity contribution is 5.75. The van der Waals surface area contributed by atoms with E-state index in [1.54, 1.807) is 17.1 Å². The lowest BCUT2D eigenvalue weighted by atomic mass is 10.0. The summed E-state index contributed by atoms with van der Waals surface area (Å²) in [4.78, 5) is 11.0. The first-order valence-corrected chi connectivity index (χ1v) is 8.02. The predicted octanol–water partition coefficient (Wildman–Crippen LogP) is 2.48. The van der Waals surface area contributed by atoms with Crippen molar-refractivity contribution >= 4 is 17.5 Å². The molecule has 1 aliphatic heterocycles. The minimum atomic E-state index is 0.497. The molecule has 0 spiro atoms. The van der Waals surface area contributed by atoms with Crippen molar-refractivity contribution in [1.29, 1.82) is 5.26 Å². The lowest BCUT2D eigenvalue weighted by Gasteiger charge is -2.14. The molecule has 0 atom stereocenters. The molecule has 0 saturated heterocycles. The second kappa shape index (κ2) is 5.91. The Balaban J connectivity index is 1.72. The number of fused-ring (bicyclic) bond motifs is 1. The molecule has 0 unspecified atom stereocenters. The zero-order valence-electron chi connectivity index (χ0n) is 14.1. The van der Waals surface area contributed by atoms with Gasteiger partial charge in [-0.05, 0) is 30.2 Å². The molecule has 4 rings (SSSR count). The van der Waals surface area contributed by atoms with Crippen LogP contribution in [0.25, 0.3) is 11.3 Å². The van der Waals surface area contributed by atoms with Gasteiger partial charge in [0.15, 0.2) is 0 Å². The van der Waals surface area contributed by atoms with Gasteiger partial charge in [-0.25, -0.2) is 9.97 Å². The molecule has 124 valence electrons. The first kappa shape index (κ1) is 15.1. The molecule has 1 aromatic carbocycles. The number of hydrogen-bond acceptors (Lipinski definition) is 6. The second-order valence-corrected chi connectivity index (χ2v) is 6.05. The maximum absolute atomic E-state index is 9.52. The number of nitriles is 1. The van der Waals surface area contributed by atoms with Crippen LogP contribution in [-0.2, 0) is 13.5 Å². The van der Waals surface area contributed by atoms with Gasteiger partial charge in [0, 0.05) is 38.5 Å². The van der Waals surface area contributed by atoms with Crippen molar-refractivity contribution in [2.45, 2.75) is 6.42 Å². The van der Waals surface area contributed by atoms with E-state index in [1.807, 2.05) is 32.3 Å². The smallest absolute Gasteiger partial charge is 0.228 e. The summed E-state index contributed by atoms with van der Waals surface area (Å²) in [5.41, 5.74) is 4.63. The second-order valence-electron chi connectivity index (χ2n) is 6.05. The predicted molar refractivity (Wildman–Crippen MR) is 95.6 cm³/mol. The summed E-state index contributed by atoms with van der Waals surface area (Å²) >= 11 is 0. The van der Waals surface area contributed by atoms with Crippen LogP contribution in [0.2, 0.25) is 0 Å². The number of likely N-dealkylation sites (N-methyl/N-ethyl adjacent to an activating group) is 1. The van der Waals surface area contributed by atoms with Crippen LogP contribution in [0.1, 0.15) is 11.1 Å². The molecule has 3 heterocycles. The number of aromatic nitrogens is 4. The summed E-state index contributed by atoms with van der Waals surface area (Å²) in [6.45, 7) is 0.935. The summed E-state index contributed by atoms with van der Waals surface area (Å²) in [6.07, 6.45) is 4.37. The lowest BCUT2D eigenvalue weighted by Crippen LogP contribution is -2.13. The van der Waals surface area contributed by atoms with Crippen molar-refractivity contribution in [3.63, 3.8) is 0 Å². The van der Waals surface area contributed by atoms with E-state index in [1.165, 1.54) is 5.56 Å². The van der Waals surface area contributed by atoms with Crippen molar-refractivity contribution in [3.05, 3.63) is 47.8 Å². The minimum Gasteiger partial charge on any atom is -0.373 e. The monoisotopic (exact) mass is 331 g/mol. The van der Waals surface area contributed by atoms with Gasteiger partial charge >= 0.3 is 0 Å². The van der Waals surface area contributed by atoms with E-state index in [0.29, 0.717) is 11.5 Å². The van der Waals surface area contributed by atoms with Crippen LogP contribution in [0.3, 0.4) is 0 Å². The van der Waals surface area contributed by atoms with Crippen LogP contribution in [0, 0.1) is 11.3 Å². The molecule has 1 N–H and O–H groups in total. The fourth-order valence-electron chi connectivity index (χ4n) is 3.16. The normalized spacial score (nSPS) is 12.8. The SMILES string of the molecule is CN1CCc2cc(-c3ccnc(Nc4ccnn4C)n3)cc(C#N)c21. The minimum absolute atomic E-state index is 0.497. The molecule has 0 bridgehead atoms. The molecule has 0 radical (unpaired) electrons. The Morgan fingerprint density at radius 3 is 2.84 bits per heavy atom. The van der Waals surface area contributed by atoms with Crippen LogP contribution in [-0.4, -0.2) is 33.3 Å². The number of nitrogens with zero attached hydrogens (tertiary/aromatic N) is 6. The van der Waals surface area contributed by atoms with Crippen molar-refractivity contribution < 1.29 is 0 Å². The van der Waals surface area contributed by atoms with Gasteiger partial charge in [0.1, 0.15) is 11.9 Å².